The van der Waals surface area contributed by atoms with Gasteiger partial charge in [0.25, 0.3) is 0 Å². The SMILES string of the molecule is CC(=N)c1cc(Cl)cc(Cl)c1O. The molecule has 2 N–H and O–H groups in total. The summed E-state index contributed by atoms with van der Waals surface area (Å²) in [7, 11) is 0. The predicted octanol–water partition coefficient (Wildman–Crippen LogP) is 3.09. The highest BCUT2D eigenvalue weighted by Gasteiger charge is 2.08. The Kier molecular flexibility index (Phi) is 2.60. The number of aromatic hydroxyl groups is 1. The highest BCUT2D eigenvalue weighted by Crippen LogP contribution is 2.31. The van der Waals surface area contributed by atoms with Gasteiger partial charge in [0.05, 0.1) is 5.02 Å². The summed E-state index contributed by atoms with van der Waals surface area (Å²) in [6, 6.07) is 2.94. The Morgan fingerprint density at radius 1 is 1.42 bits per heavy atom. The second kappa shape index (κ2) is 3.33. The molecule has 0 aliphatic carbocycles. The van der Waals surface area contributed by atoms with E-state index in [1.165, 1.54) is 12.1 Å². The lowest BCUT2D eigenvalue weighted by Gasteiger charge is -2.04. The summed E-state index contributed by atoms with van der Waals surface area (Å²) in [6.07, 6.45) is 0. The van der Waals surface area contributed by atoms with Crippen molar-refractivity contribution in [3.8, 4) is 5.75 Å². The number of phenolic OH excluding ortho intramolecular Hbond substituents is 1. The number of rotatable bonds is 1. The summed E-state index contributed by atoms with van der Waals surface area (Å²) in [4.78, 5) is 0. The minimum atomic E-state index is -0.0893. The van der Waals surface area contributed by atoms with Crippen molar-refractivity contribution in [2.75, 3.05) is 0 Å². The maximum Gasteiger partial charge on any atom is 0.143 e. The second-order valence-electron chi connectivity index (χ2n) is 2.41. The minimum Gasteiger partial charge on any atom is -0.506 e. The van der Waals surface area contributed by atoms with Gasteiger partial charge in [0.2, 0.25) is 0 Å². The molecule has 0 amide bonds. The largest absolute Gasteiger partial charge is 0.506 e. The number of halogens is 2. The van der Waals surface area contributed by atoms with E-state index in [-0.39, 0.29) is 16.5 Å². The molecular formula is C8H7Cl2NO. The standard InChI is InChI=1S/C8H7Cl2NO/c1-4(11)6-2-5(9)3-7(10)8(6)12/h2-3,11-12H,1H3. The van der Waals surface area contributed by atoms with Gasteiger partial charge in [0.15, 0.2) is 0 Å². The molecular weight excluding hydrogens is 197 g/mol. The fourth-order valence-corrected chi connectivity index (χ4v) is 1.35. The molecule has 2 nitrogen and oxygen atoms in total. The zero-order valence-corrected chi connectivity index (χ0v) is 7.87. The first-order chi connectivity index (χ1) is 5.52. The van der Waals surface area contributed by atoms with Crippen LogP contribution in [-0.4, -0.2) is 10.8 Å². The first kappa shape index (κ1) is 9.36. The lowest BCUT2D eigenvalue weighted by atomic mass is 10.1. The van der Waals surface area contributed by atoms with Crippen LogP contribution in [-0.2, 0) is 0 Å². The van der Waals surface area contributed by atoms with Gasteiger partial charge in [-0.25, -0.2) is 0 Å². The van der Waals surface area contributed by atoms with Crippen LogP contribution >= 0.6 is 23.2 Å². The Hall–Kier alpha value is -0.730. The molecule has 1 aromatic rings. The molecule has 12 heavy (non-hydrogen) atoms. The van der Waals surface area contributed by atoms with Crippen molar-refractivity contribution in [1.82, 2.24) is 0 Å². The highest BCUT2D eigenvalue weighted by atomic mass is 35.5. The average Bonchev–Trinajstić information content (AvgIpc) is 1.96. The van der Waals surface area contributed by atoms with Crippen molar-refractivity contribution >= 4 is 28.9 Å². The van der Waals surface area contributed by atoms with Gasteiger partial charge in [-0.05, 0) is 19.1 Å². The zero-order valence-electron chi connectivity index (χ0n) is 6.36. The second-order valence-corrected chi connectivity index (χ2v) is 3.25. The van der Waals surface area contributed by atoms with Crippen molar-refractivity contribution in [1.29, 1.82) is 5.41 Å². The van der Waals surface area contributed by atoms with E-state index in [9.17, 15) is 5.11 Å². The Bertz CT molecular complexity index is 336. The van der Waals surface area contributed by atoms with E-state index >= 15 is 0 Å². The minimum absolute atomic E-state index is 0.0893. The maximum atomic E-state index is 9.36. The van der Waals surface area contributed by atoms with Crippen molar-refractivity contribution in [2.45, 2.75) is 6.92 Å². The van der Waals surface area contributed by atoms with Gasteiger partial charge in [-0.2, -0.15) is 0 Å². The van der Waals surface area contributed by atoms with Crippen LogP contribution < -0.4 is 0 Å². The molecule has 64 valence electrons. The van der Waals surface area contributed by atoms with E-state index in [0.717, 1.165) is 0 Å². The Labute approximate surface area is 80.2 Å². The molecule has 0 aliphatic rings. The van der Waals surface area contributed by atoms with Crippen LogP contribution in [0.5, 0.6) is 5.75 Å². The van der Waals surface area contributed by atoms with Crippen LogP contribution in [0.3, 0.4) is 0 Å². The molecule has 0 radical (unpaired) electrons. The van der Waals surface area contributed by atoms with Crippen LogP contribution in [0.25, 0.3) is 0 Å². The lowest BCUT2D eigenvalue weighted by Crippen LogP contribution is -1.92. The summed E-state index contributed by atoms with van der Waals surface area (Å²) >= 11 is 11.3. The summed E-state index contributed by atoms with van der Waals surface area (Å²) in [6.45, 7) is 1.56. The third-order valence-electron chi connectivity index (χ3n) is 1.43. The van der Waals surface area contributed by atoms with Crippen molar-refractivity contribution in [3.63, 3.8) is 0 Å². The first-order valence-electron chi connectivity index (χ1n) is 3.26. The van der Waals surface area contributed by atoms with Crippen LogP contribution in [0.4, 0.5) is 0 Å². The van der Waals surface area contributed by atoms with Crippen molar-refractivity contribution in [3.05, 3.63) is 27.7 Å². The third-order valence-corrected chi connectivity index (χ3v) is 1.94. The summed E-state index contributed by atoms with van der Waals surface area (Å²) < 4.78 is 0. The average molecular weight is 204 g/mol. The topological polar surface area (TPSA) is 44.1 Å². The van der Waals surface area contributed by atoms with E-state index in [0.29, 0.717) is 10.6 Å². The molecule has 4 heteroatoms. The number of hydrogen-bond acceptors (Lipinski definition) is 2. The molecule has 0 atom stereocenters. The molecule has 0 unspecified atom stereocenters. The molecule has 0 bridgehead atoms. The Balaban J connectivity index is 3.37. The fraction of sp³-hybridized carbons (Fsp3) is 0.125. The fourth-order valence-electron chi connectivity index (χ4n) is 0.852. The van der Waals surface area contributed by atoms with E-state index in [1.807, 2.05) is 0 Å². The monoisotopic (exact) mass is 203 g/mol. The first-order valence-corrected chi connectivity index (χ1v) is 4.01. The molecule has 1 aromatic carbocycles. The molecule has 0 saturated carbocycles. The van der Waals surface area contributed by atoms with E-state index in [4.69, 9.17) is 28.6 Å². The van der Waals surface area contributed by atoms with Crippen LogP contribution in [0.1, 0.15) is 12.5 Å². The van der Waals surface area contributed by atoms with Gasteiger partial charge in [-0.3, -0.25) is 0 Å². The van der Waals surface area contributed by atoms with Gasteiger partial charge in [-0.15, -0.1) is 0 Å². The van der Waals surface area contributed by atoms with Crippen molar-refractivity contribution in [2.24, 2.45) is 0 Å². The molecule has 0 saturated heterocycles. The number of hydrogen-bond donors (Lipinski definition) is 2. The summed E-state index contributed by atoms with van der Waals surface area (Å²) in [5.41, 5.74) is 0.601. The van der Waals surface area contributed by atoms with Gasteiger partial charge < -0.3 is 10.5 Å². The highest BCUT2D eigenvalue weighted by molar-refractivity contribution is 6.36. The zero-order chi connectivity index (χ0) is 9.30. The predicted molar refractivity (Wildman–Crippen MR) is 50.6 cm³/mol. The van der Waals surface area contributed by atoms with Gasteiger partial charge in [0, 0.05) is 16.3 Å². The summed E-state index contributed by atoms with van der Waals surface area (Å²) in [5.74, 6) is -0.0893. The molecule has 0 aromatic heterocycles. The summed E-state index contributed by atoms with van der Waals surface area (Å²) in [5, 5.41) is 17.2. The third kappa shape index (κ3) is 1.71. The molecule has 0 aliphatic heterocycles. The number of phenols is 1. The Morgan fingerprint density at radius 2 is 2.00 bits per heavy atom. The quantitative estimate of drug-likeness (QED) is 0.678. The molecule has 1 rings (SSSR count). The van der Waals surface area contributed by atoms with E-state index in [2.05, 4.69) is 0 Å². The van der Waals surface area contributed by atoms with Crippen LogP contribution in [0.2, 0.25) is 10.0 Å². The van der Waals surface area contributed by atoms with Crippen LogP contribution in [0.15, 0.2) is 12.1 Å². The molecule has 0 spiro atoms. The van der Waals surface area contributed by atoms with Gasteiger partial charge in [-0.1, -0.05) is 23.2 Å². The van der Waals surface area contributed by atoms with Gasteiger partial charge >= 0.3 is 0 Å². The van der Waals surface area contributed by atoms with E-state index in [1.54, 1.807) is 6.92 Å². The number of nitrogens with one attached hydrogen (secondary N) is 1. The van der Waals surface area contributed by atoms with Crippen molar-refractivity contribution < 1.29 is 5.11 Å². The normalized spacial score (nSPS) is 9.92. The molecule has 0 heterocycles. The van der Waals surface area contributed by atoms with Gasteiger partial charge in [0.1, 0.15) is 5.75 Å². The Morgan fingerprint density at radius 3 is 2.50 bits per heavy atom. The number of benzene rings is 1. The maximum absolute atomic E-state index is 9.36. The smallest absolute Gasteiger partial charge is 0.143 e. The van der Waals surface area contributed by atoms with E-state index < -0.39 is 0 Å². The lowest BCUT2D eigenvalue weighted by molar-refractivity contribution is 0.474. The molecule has 0 fully saturated rings. The van der Waals surface area contributed by atoms with Crippen LogP contribution in [0, 0.1) is 5.41 Å².